The predicted octanol–water partition coefficient (Wildman–Crippen LogP) is 12.8. The molecule has 11 rings (SSSR count). The van der Waals surface area contributed by atoms with Crippen molar-refractivity contribution in [3.63, 3.8) is 0 Å². The van der Waals surface area contributed by atoms with Gasteiger partial charge in [-0.2, -0.15) is 0 Å². The van der Waals surface area contributed by atoms with Gasteiger partial charge >= 0.3 is 0 Å². The van der Waals surface area contributed by atoms with Gasteiger partial charge in [0, 0.05) is 49.5 Å². The van der Waals surface area contributed by atoms with Gasteiger partial charge in [0.05, 0.1) is 0 Å². The van der Waals surface area contributed by atoms with E-state index in [1.54, 1.807) is 0 Å². The zero-order chi connectivity index (χ0) is 36.3. The zero-order valence-electron chi connectivity index (χ0n) is 29.6. The van der Waals surface area contributed by atoms with Gasteiger partial charge in [-0.3, -0.25) is 0 Å². The normalized spacial score (nSPS) is 12.4. The lowest BCUT2D eigenvalue weighted by molar-refractivity contribution is 0.630. The monoisotopic (exact) mass is 705 g/mol. The van der Waals surface area contributed by atoms with Crippen LogP contribution in [0.1, 0.15) is 16.7 Å². The molecule has 0 saturated heterocycles. The number of hydrogen-bond acceptors (Lipinski definition) is 5. The van der Waals surface area contributed by atoms with Crippen LogP contribution in [-0.2, 0) is 6.42 Å². The molecule has 0 saturated carbocycles. The van der Waals surface area contributed by atoms with E-state index in [1.165, 1.54) is 5.56 Å². The van der Waals surface area contributed by atoms with Gasteiger partial charge in [0.1, 0.15) is 22.5 Å². The Morgan fingerprint density at radius 3 is 1.73 bits per heavy atom. The highest BCUT2D eigenvalue weighted by atomic mass is 16.3. The van der Waals surface area contributed by atoms with Crippen molar-refractivity contribution >= 4 is 38.5 Å². The van der Waals surface area contributed by atoms with Crippen LogP contribution in [0.2, 0.25) is 0 Å². The molecule has 1 aliphatic rings. The number of fused-ring (bicyclic) bond motifs is 8. The Kier molecular flexibility index (Phi) is 7.17. The number of rotatable bonds is 5. The van der Waals surface area contributed by atoms with Crippen LogP contribution in [0.4, 0.5) is 0 Å². The van der Waals surface area contributed by atoms with Gasteiger partial charge in [0.2, 0.25) is 0 Å². The third-order valence-electron chi connectivity index (χ3n) is 10.6. The molecule has 0 amide bonds. The van der Waals surface area contributed by atoms with Crippen LogP contribution in [-0.4, -0.2) is 15.0 Å². The fourth-order valence-corrected chi connectivity index (χ4v) is 7.95. The summed E-state index contributed by atoms with van der Waals surface area (Å²) in [5.41, 5.74) is 13.1. The third kappa shape index (κ3) is 5.28. The molecule has 0 radical (unpaired) electrons. The fraction of sp³-hybridized carbons (Fsp3) is 0.0200. The molecule has 7 aromatic carbocycles. The van der Waals surface area contributed by atoms with Gasteiger partial charge in [0.15, 0.2) is 17.5 Å². The highest BCUT2D eigenvalue weighted by molar-refractivity contribution is 6.10. The summed E-state index contributed by atoms with van der Waals surface area (Å²) in [5, 5.41) is 3.31. The van der Waals surface area contributed by atoms with Crippen LogP contribution in [0.25, 0.3) is 95.1 Å². The zero-order valence-corrected chi connectivity index (χ0v) is 29.6. The second-order valence-electron chi connectivity index (χ2n) is 13.9. The minimum atomic E-state index is 0.619. The van der Waals surface area contributed by atoms with Crippen molar-refractivity contribution < 1.29 is 8.83 Å². The number of nitrogens with zero attached hydrogens (tertiary/aromatic N) is 3. The second-order valence-corrected chi connectivity index (χ2v) is 13.9. The van der Waals surface area contributed by atoms with Crippen molar-refractivity contribution in [1.29, 1.82) is 0 Å². The summed E-state index contributed by atoms with van der Waals surface area (Å²) in [6.07, 6.45) is 3.08. The van der Waals surface area contributed by atoms with E-state index >= 15 is 0 Å². The Hall–Kier alpha value is -7.37. The summed E-state index contributed by atoms with van der Waals surface area (Å²) in [4.78, 5) is 15.0. The standard InChI is InChI=1S/C50H31N3O2/c1-3-13-32(14-4-1)48-51-49(33-15-5-2-6-16-33)53-50(52-48)36-18-11-17-34(29-36)37-28-27-31-25-26-35(30-42(31)47-45(37)41-20-8-10-24-44(41)55-47)38-21-12-22-40-39-19-7-9-23-43(39)54-46(38)40/h1-26,28-30H,27H2. The first-order chi connectivity index (χ1) is 27.2. The van der Waals surface area contributed by atoms with E-state index in [2.05, 4.69) is 97.1 Å². The lowest BCUT2D eigenvalue weighted by Gasteiger charge is -2.12. The first-order valence-electron chi connectivity index (χ1n) is 18.5. The summed E-state index contributed by atoms with van der Waals surface area (Å²) in [6, 6.07) is 58.4. The van der Waals surface area contributed by atoms with Gasteiger partial charge in [-0.1, -0.05) is 152 Å². The Morgan fingerprint density at radius 1 is 0.400 bits per heavy atom. The van der Waals surface area contributed by atoms with Crippen molar-refractivity contribution in [2.24, 2.45) is 0 Å². The smallest absolute Gasteiger partial charge is 0.164 e. The van der Waals surface area contributed by atoms with Crippen LogP contribution in [0.3, 0.4) is 0 Å². The lowest BCUT2D eigenvalue weighted by Crippen LogP contribution is -2.00. The van der Waals surface area contributed by atoms with Crippen LogP contribution < -0.4 is 0 Å². The Labute approximate surface area is 316 Å². The molecule has 10 aromatic rings. The molecule has 0 N–H and O–H groups in total. The number of hydrogen-bond donors (Lipinski definition) is 0. The highest BCUT2D eigenvalue weighted by Crippen LogP contribution is 2.46. The van der Waals surface area contributed by atoms with Crippen molar-refractivity contribution in [3.8, 4) is 56.6 Å². The summed E-state index contributed by atoms with van der Waals surface area (Å²) < 4.78 is 13.3. The molecule has 5 nitrogen and oxygen atoms in total. The van der Waals surface area contributed by atoms with Gasteiger partial charge in [-0.15, -0.1) is 0 Å². The Morgan fingerprint density at radius 2 is 0.982 bits per heavy atom. The van der Waals surface area contributed by atoms with Crippen LogP contribution in [0.5, 0.6) is 0 Å². The summed E-state index contributed by atoms with van der Waals surface area (Å²) in [6.45, 7) is 0. The molecule has 3 heterocycles. The molecule has 0 aliphatic heterocycles. The molecule has 0 bridgehead atoms. The molecular formula is C50H31N3O2. The fourth-order valence-electron chi connectivity index (χ4n) is 7.95. The largest absolute Gasteiger partial charge is 0.455 e. The maximum absolute atomic E-state index is 6.82. The van der Waals surface area contributed by atoms with Crippen LogP contribution in [0, 0.1) is 0 Å². The molecule has 3 aromatic heterocycles. The second kappa shape index (κ2) is 12.6. The first-order valence-corrected chi connectivity index (χ1v) is 18.5. The van der Waals surface area contributed by atoms with Crippen molar-refractivity contribution in [2.45, 2.75) is 6.42 Å². The van der Waals surface area contributed by atoms with E-state index in [4.69, 9.17) is 23.8 Å². The molecular weight excluding hydrogens is 675 g/mol. The van der Waals surface area contributed by atoms with E-state index in [9.17, 15) is 0 Å². The van der Waals surface area contributed by atoms with Crippen LogP contribution in [0.15, 0.2) is 185 Å². The molecule has 0 fully saturated rings. The predicted molar refractivity (Wildman–Crippen MR) is 221 cm³/mol. The number of allylic oxidation sites excluding steroid dienone is 1. The highest BCUT2D eigenvalue weighted by Gasteiger charge is 2.26. The molecule has 5 heteroatoms. The van der Waals surface area contributed by atoms with E-state index in [1.807, 2.05) is 78.9 Å². The average molecular weight is 706 g/mol. The summed E-state index contributed by atoms with van der Waals surface area (Å²) >= 11 is 0. The topological polar surface area (TPSA) is 65.0 Å². The van der Waals surface area contributed by atoms with Gasteiger partial charge in [0.25, 0.3) is 0 Å². The first kappa shape index (κ1) is 31.2. The van der Waals surface area contributed by atoms with Crippen LogP contribution >= 0.6 is 0 Å². The van der Waals surface area contributed by atoms with E-state index in [0.29, 0.717) is 17.5 Å². The minimum Gasteiger partial charge on any atom is -0.455 e. The summed E-state index contributed by atoms with van der Waals surface area (Å²) in [7, 11) is 0. The van der Waals surface area contributed by atoms with Crippen molar-refractivity contribution in [2.75, 3.05) is 0 Å². The van der Waals surface area contributed by atoms with Gasteiger partial charge in [-0.05, 0) is 52.9 Å². The quantitative estimate of drug-likeness (QED) is 0.178. The van der Waals surface area contributed by atoms with E-state index in [0.717, 1.165) is 95.2 Å². The average Bonchev–Trinajstić information content (AvgIpc) is 3.79. The van der Waals surface area contributed by atoms with Gasteiger partial charge < -0.3 is 8.83 Å². The summed E-state index contributed by atoms with van der Waals surface area (Å²) in [5.74, 6) is 2.75. The number of furan rings is 2. The third-order valence-corrected chi connectivity index (χ3v) is 10.6. The minimum absolute atomic E-state index is 0.619. The molecule has 0 unspecified atom stereocenters. The molecule has 258 valence electrons. The maximum atomic E-state index is 6.82. The van der Waals surface area contributed by atoms with Crippen molar-refractivity contribution in [1.82, 2.24) is 15.0 Å². The Balaban J connectivity index is 1.06. The van der Waals surface area contributed by atoms with E-state index < -0.39 is 0 Å². The SMILES string of the molecule is C1=C(c2cccc(-c3nc(-c4ccccc4)nc(-c4ccccc4)n3)c2)c2c(oc3ccccc23)-c2cc(-c3cccc4c3oc3ccccc34)ccc2C1. The maximum Gasteiger partial charge on any atom is 0.164 e. The van der Waals surface area contributed by atoms with E-state index in [-0.39, 0.29) is 0 Å². The number of aromatic nitrogens is 3. The Bertz CT molecular complexity index is 3060. The number of benzene rings is 7. The number of para-hydroxylation sites is 3. The molecule has 0 spiro atoms. The molecule has 0 atom stereocenters. The van der Waals surface area contributed by atoms with Crippen molar-refractivity contribution in [3.05, 3.63) is 193 Å². The molecule has 55 heavy (non-hydrogen) atoms. The molecule has 1 aliphatic carbocycles. The van der Waals surface area contributed by atoms with Gasteiger partial charge in [-0.25, -0.2) is 15.0 Å². The lowest BCUT2D eigenvalue weighted by atomic mass is 9.92.